The molecule has 0 aromatic heterocycles. The van der Waals surface area contributed by atoms with E-state index in [1.807, 2.05) is 0 Å². The van der Waals surface area contributed by atoms with E-state index in [0.29, 0.717) is 6.42 Å². The van der Waals surface area contributed by atoms with Gasteiger partial charge in [0.05, 0.1) is 25.9 Å². The summed E-state index contributed by atoms with van der Waals surface area (Å²) in [5, 5.41) is 50.4. The number of rotatable bonds is 8. The van der Waals surface area contributed by atoms with Crippen molar-refractivity contribution in [1.82, 2.24) is 0 Å². The number of hydrogen-bond donors (Lipinski definition) is 5. The summed E-state index contributed by atoms with van der Waals surface area (Å²) >= 11 is 0. The van der Waals surface area contributed by atoms with Crippen LogP contribution in [0, 0.1) is 0 Å². The molecule has 2 aliphatic heterocycles. The first kappa shape index (κ1) is 22.9. The zero-order valence-electron chi connectivity index (χ0n) is 15.9. The Morgan fingerprint density at radius 1 is 0.667 bits per heavy atom. The summed E-state index contributed by atoms with van der Waals surface area (Å²) in [5.74, 6) is 0. The fraction of sp³-hybridized carbons (Fsp3) is 1.00. The second kappa shape index (κ2) is 10.4. The molecular formula is C17H32O10. The zero-order chi connectivity index (χ0) is 20.1. The van der Waals surface area contributed by atoms with Crippen molar-refractivity contribution in [3.63, 3.8) is 0 Å². The van der Waals surface area contributed by atoms with E-state index < -0.39 is 61.0 Å². The summed E-state index contributed by atoms with van der Waals surface area (Å²) in [4.78, 5) is 0. The molecule has 10 atom stereocenters. The van der Waals surface area contributed by atoms with E-state index in [0.717, 1.165) is 0 Å². The molecule has 2 heterocycles. The number of aliphatic hydroxyl groups is 5. The van der Waals surface area contributed by atoms with Gasteiger partial charge in [0.25, 0.3) is 0 Å². The highest BCUT2D eigenvalue weighted by atomic mass is 16.6. The lowest BCUT2D eigenvalue weighted by Gasteiger charge is -2.42. The lowest BCUT2D eigenvalue weighted by atomic mass is 9.94. The Bertz CT molecular complexity index is 436. The average molecular weight is 396 g/mol. The van der Waals surface area contributed by atoms with Crippen LogP contribution in [0.4, 0.5) is 0 Å². The van der Waals surface area contributed by atoms with Crippen LogP contribution in [0.1, 0.15) is 13.3 Å². The highest BCUT2D eigenvalue weighted by Crippen LogP contribution is 2.26. The molecule has 0 saturated carbocycles. The van der Waals surface area contributed by atoms with Crippen molar-refractivity contribution in [3.05, 3.63) is 0 Å². The first-order chi connectivity index (χ1) is 12.8. The highest BCUT2D eigenvalue weighted by Gasteiger charge is 2.46. The minimum absolute atomic E-state index is 0.0457. The molecular weight excluding hydrogens is 364 g/mol. The monoisotopic (exact) mass is 396 g/mol. The Morgan fingerprint density at radius 3 is 1.67 bits per heavy atom. The first-order valence-electron chi connectivity index (χ1n) is 9.16. The summed E-state index contributed by atoms with van der Waals surface area (Å²) in [7, 11) is 2.86. The Morgan fingerprint density at radius 2 is 1.15 bits per heavy atom. The maximum absolute atomic E-state index is 10.3. The lowest BCUT2D eigenvalue weighted by molar-refractivity contribution is -0.256. The fourth-order valence-electron chi connectivity index (χ4n) is 3.53. The van der Waals surface area contributed by atoms with Crippen molar-refractivity contribution in [3.8, 4) is 0 Å². The largest absolute Gasteiger partial charge is 0.388 e. The van der Waals surface area contributed by atoms with E-state index in [-0.39, 0.29) is 19.8 Å². The quantitative estimate of drug-likeness (QED) is 0.296. The van der Waals surface area contributed by atoms with E-state index in [1.165, 1.54) is 14.2 Å². The van der Waals surface area contributed by atoms with Crippen molar-refractivity contribution < 1.29 is 49.2 Å². The Kier molecular flexibility index (Phi) is 8.81. The van der Waals surface area contributed by atoms with Crippen molar-refractivity contribution >= 4 is 0 Å². The molecule has 2 rings (SSSR count). The van der Waals surface area contributed by atoms with Gasteiger partial charge in [-0.2, -0.15) is 0 Å². The first-order valence-corrected chi connectivity index (χ1v) is 9.16. The second-order valence-corrected chi connectivity index (χ2v) is 6.98. The number of aliphatic hydroxyl groups excluding tert-OH is 5. The normalized spacial score (nSPS) is 45.8. The van der Waals surface area contributed by atoms with Crippen LogP contribution in [0.5, 0.6) is 0 Å². The van der Waals surface area contributed by atoms with Crippen LogP contribution in [0.25, 0.3) is 0 Å². The standard InChI is InChI=1S/C17H32O10/c1-4-8-12(18)16(22)13(19)10(26-8)6-25-7-11-15(21)17(24-3)14(20)9(27-11)5-23-2/h8-22H,4-7H2,1-3H3/t8-,9-,10-,11-,12-,13-,14-,15-,16-,17+/m1/s1. The van der Waals surface area contributed by atoms with E-state index in [2.05, 4.69) is 0 Å². The summed E-state index contributed by atoms with van der Waals surface area (Å²) < 4.78 is 27.0. The van der Waals surface area contributed by atoms with Crippen molar-refractivity contribution in [2.75, 3.05) is 34.0 Å². The minimum atomic E-state index is -1.33. The molecule has 2 saturated heterocycles. The van der Waals surface area contributed by atoms with E-state index in [9.17, 15) is 25.5 Å². The summed E-state index contributed by atoms with van der Waals surface area (Å²) in [5.41, 5.74) is 0. The van der Waals surface area contributed by atoms with Crippen LogP contribution in [-0.4, -0.2) is 121 Å². The Balaban J connectivity index is 1.91. The molecule has 0 amide bonds. The lowest BCUT2D eigenvalue weighted by Crippen LogP contribution is -2.61. The molecule has 160 valence electrons. The molecule has 0 aliphatic carbocycles. The molecule has 2 fully saturated rings. The molecule has 0 bridgehead atoms. The topological polar surface area (TPSA) is 147 Å². The van der Waals surface area contributed by atoms with E-state index in [4.69, 9.17) is 23.7 Å². The number of ether oxygens (including phenoxy) is 5. The summed E-state index contributed by atoms with van der Waals surface area (Å²) in [6.45, 7) is 1.81. The van der Waals surface area contributed by atoms with E-state index in [1.54, 1.807) is 6.92 Å². The Hall–Kier alpha value is -0.400. The van der Waals surface area contributed by atoms with Crippen molar-refractivity contribution in [2.24, 2.45) is 0 Å². The third-order valence-electron chi connectivity index (χ3n) is 5.17. The highest BCUT2D eigenvalue weighted by molar-refractivity contribution is 4.94. The fourth-order valence-corrected chi connectivity index (χ4v) is 3.53. The van der Waals surface area contributed by atoms with E-state index >= 15 is 0 Å². The predicted molar refractivity (Wildman–Crippen MR) is 91.1 cm³/mol. The summed E-state index contributed by atoms with van der Waals surface area (Å²) in [6, 6.07) is 0. The van der Waals surface area contributed by atoms with Gasteiger partial charge in [0.1, 0.15) is 54.9 Å². The predicted octanol–water partition coefficient (Wildman–Crippen LogP) is -2.59. The smallest absolute Gasteiger partial charge is 0.114 e. The SMILES string of the molecule is CC[C@H]1O[C@H](COC[C@H]2O[C@H](COC)[C@@H](O)[C@H](OC)[C@@H]2O)[C@@H](O)[C@H](O)[C@@H]1O. The van der Waals surface area contributed by atoms with Gasteiger partial charge >= 0.3 is 0 Å². The molecule has 5 N–H and O–H groups in total. The van der Waals surface area contributed by atoms with Gasteiger partial charge in [0, 0.05) is 14.2 Å². The Labute approximate surface area is 158 Å². The van der Waals surface area contributed by atoms with Crippen LogP contribution in [0.3, 0.4) is 0 Å². The maximum Gasteiger partial charge on any atom is 0.114 e. The average Bonchev–Trinajstić information content (AvgIpc) is 2.65. The number of methoxy groups -OCH3 is 2. The van der Waals surface area contributed by atoms with Crippen LogP contribution >= 0.6 is 0 Å². The number of hydrogen-bond acceptors (Lipinski definition) is 10. The van der Waals surface area contributed by atoms with Gasteiger partial charge in [-0.3, -0.25) is 0 Å². The maximum atomic E-state index is 10.3. The molecule has 0 aromatic carbocycles. The van der Waals surface area contributed by atoms with Crippen LogP contribution < -0.4 is 0 Å². The summed E-state index contributed by atoms with van der Waals surface area (Å²) in [6.07, 6.45) is -9.24. The van der Waals surface area contributed by atoms with Gasteiger partial charge in [-0.05, 0) is 6.42 Å². The molecule has 0 unspecified atom stereocenters. The molecule has 0 radical (unpaired) electrons. The molecule has 10 nitrogen and oxygen atoms in total. The van der Waals surface area contributed by atoms with Gasteiger partial charge in [0.2, 0.25) is 0 Å². The third-order valence-corrected chi connectivity index (χ3v) is 5.17. The minimum Gasteiger partial charge on any atom is -0.388 e. The molecule has 2 aliphatic rings. The van der Waals surface area contributed by atoms with Gasteiger partial charge in [-0.15, -0.1) is 0 Å². The van der Waals surface area contributed by atoms with Gasteiger partial charge < -0.3 is 49.2 Å². The molecule has 27 heavy (non-hydrogen) atoms. The second-order valence-electron chi connectivity index (χ2n) is 6.98. The molecule has 0 aromatic rings. The zero-order valence-corrected chi connectivity index (χ0v) is 15.9. The van der Waals surface area contributed by atoms with Crippen LogP contribution in [0.15, 0.2) is 0 Å². The van der Waals surface area contributed by atoms with Crippen LogP contribution in [-0.2, 0) is 23.7 Å². The van der Waals surface area contributed by atoms with Gasteiger partial charge in [-0.1, -0.05) is 6.92 Å². The van der Waals surface area contributed by atoms with Crippen molar-refractivity contribution in [1.29, 1.82) is 0 Å². The molecule has 10 heteroatoms. The van der Waals surface area contributed by atoms with Gasteiger partial charge in [0.15, 0.2) is 0 Å². The van der Waals surface area contributed by atoms with Crippen molar-refractivity contribution in [2.45, 2.75) is 74.4 Å². The van der Waals surface area contributed by atoms with Crippen LogP contribution in [0.2, 0.25) is 0 Å². The molecule has 0 spiro atoms. The van der Waals surface area contributed by atoms with Gasteiger partial charge in [-0.25, -0.2) is 0 Å². The third kappa shape index (κ3) is 5.15.